The summed E-state index contributed by atoms with van der Waals surface area (Å²) < 4.78 is 26.9. The highest BCUT2D eigenvalue weighted by Crippen LogP contribution is 2.33. The van der Waals surface area contributed by atoms with Crippen LogP contribution in [0.1, 0.15) is 33.2 Å². The van der Waals surface area contributed by atoms with Gasteiger partial charge in [-0.2, -0.15) is 0 Å². The van der Waals surface area contributed by atoms with E-state index in [1.54, 1.807) is 18.2 Å². The predicted octanol–water partition coefficient (Wildman–Crippen LogP) is 2.34. The van der Waals surface area contributed by atoms with Gasteiger partial charge in [0.25, 0.3) is 10.0 Å². The van der Waals surface area contributed by atoms with Gasteiger partial charge in [0.05, 0.1) is 16.1 Å². The topological polar surface area (TPSA) is 91.8 Å². The predicted molar refractivity (Wildman–Crippen MR) is 88.1 cm³/mol. The molecule has 2 aromatic rings. The SMILES string of the molecule is CC(=O)c1ccc2c(c1)CCN2S(=O)(=O)c1ccc(C(=O)O)cc1. The lowest BCUT2D eigenvalue weighted by molar-refractivity contribution is 0.0696. The number of nitrogens with zero attached hydrogens (tertiary/aromatic N) is 1. The van der Waals surface area contributed by atoms with E-state index in [0.717, 1.165) is 5.56 Å². The van der Waals surface area contributed by atoms with Crippen molar-refractivity contribution in [3.8, 4) is 0 Å². The fraction of sp³-hybridized carbons (Fsp3) is 0.176. The average molecular weight is 345 g/mol. The highest BCUT2D eigenvalue weighted by atomic mass is 32.2. The van der Waals surface area contributed by atoms with Gasteiger partial charge in [-0.3, -0.25) is 9.10 Å². The number of carbonyl (C=O) groups excluding carboxylic acids is 1. The highest BCUT2D eigenvalue weighted by Gasteiger charge is 2.31. The molecule has 0 aliphatic carbocycles. The molecule has 7 heteroatoms. The molecule has 0 atom stereocenters. The fourth-order valence-electron chi connectivity index (χ4n) is 2.74. The molecule has 0 bridgehead atoms. The number of anilines is 1. The molecule has 3 rings (SSSR count). The van der Waals surface area contributed by atoms with Crippen LogP contribution in [0.15, 0.2) is 47.4 Å². The summed E-state index contributed by atoms with van der Waals surface area (Å²) in [5, 5.41) is 8.90. The second-order valence-corrected chi connectivity index (χ2v) is 7.42. The minimum Gasteiger partial charge on any atom is -0.478 e. The number of rotatable bonds is 4. The third-order valence-corrected chi connectivity index (χ3v) is 5.86. The quantitative estimate of drug-likeness (QED) is 0.859. The first kappa shape index (κ1) is 16.2. The molecule has 6 nitrogen and oxygen atoms in total. The summed E-state index contributed by atoms with van der Waals surface area (Å²) >= 11 is 0. The van der Waals surface area contributed by atoms with Gasteiger partial charge in [0.15, 0.2) is 5.78 Å². The number of fused-ring (bicyclic) bond motifs is 1. The Morgan fingerprint density at radius 1 is 1.04 bits per heavy atom. The average Bonchev–Trinajstić information content (AvgIpc) is 2.98. The zero-order valence-electron chi connectivity index (χ0n) is 12.9. The van der Waals surface area contributed by atoms with Crippen molar-refractivity contribution in [2.75, 3.05) is 10.8 Å². The van der Waals surface area contributed by atoms with Crippen LogP contribution in [0, 0.1) is 0 Å². The van der Waals surface area contributed by atoms with Gasteiger partial charge < -0.3 is 5.11 Å². The van der Waals surface area contributed by atoms with Crippen molar-refractivity contribution in [1.29, 1.82) is 0 Å². The zero-order chi connectivity index (χ0) is 17.5. The van der Waals surface area contributed by atoms with Crippen LogP contribution >= 0.6 is 0 Å². The van der Waals surface area contributed by atoms with E-state index in [1.807, 2.05) is 0 Å². The summed E-state index contributed by atoms with van der Waals surface area (Å²) in [6, 6.07) is 10.1. The molecule has 124 valence electrons. The molecule has 1 heterocycles. The molecule has 0 fully saturated rings. The van der Waals surface area contributed by atoms with Gasteiger partial charge in [0.2, 0.25) is 0 Å². The number of hydrogen-bond donors (Lipinski definition) is 1. The largest absolute Gasteiger partial charge is 0.478 e. The molecule has 0 radical (unpaired) electrons. The molecule has 1 N–H and O–H groups in total. The molecule has 0 spiro atoms. The van der Waals surface area contributed by atoms with E-state index in [1.165, 1.54) is 35.5 Å². The van der Waals surface area contributed by atoms with Gasteiger partial charge in [-0.05, 0) is 61.4 Å². The van der Waals surface area contributed by atoms with Gasteiger partial charge in [0.1, 0.15) is 0 Å². The highest BCUT2D eigenvalue weighted by molar-refractivity contribution is 7.92. The molecule has 1 aliphatic heterocycles. The lowest BCUT2D eigenvalue weighted by Crippen LogP contribution is -2.29. The van der Waals surface area contributed by atoms with E-state index >= 15 is 0 Å². The molecule has 1 aliphatic rings. The van der Waals surface area contributed by atoms with E-state index in [-0.39, 0.29) is 16.2 Å². The molecule has 0 saturated heterocycles. The third kappa shape index (κ3) is 2.67. The number of benzene rings is 2. The van der Waals surface area contributed by atoms with Gasteiger partial charge >= 0.3 is 5.97 Å². The maximum Gasteiger partial charge on any atom is 0.335 e. The molecule has 2 aromatic carbocycles. The monoisotopic (exact) mass is 345 g/mol. The van der Waals surface area contributed by atoms with E-state index in [4.69, 9.17) is 5.11 Å². The molecule has 0 amide bonds. The first-order valence-corrected chi connectivity index (χ1v) is 8.74. The number of sulfonamides is 1. The minimum atomic E-state index is -3.77. The normalized spacial score (nSPS) is 13.6. The van der Waals surface area contributed by atoms with Crippen LogP contribution in [0.2, 0.25) is 0 Å². The van der Waals surface area contributed by atoms with Crippen molar-refractivity contribution in [2.24, 2.45) is 0 Å². The zero-order valence-corrected chi connectivity index (χ0v) is 13.7. The Hall–Kier alpha value is -2.67. The van der Waals surface area contributed by atoms with Crippen LogP contribution < -0.4 is 4.31 Å². The Morgan fingerprint density at radius 2 is 1.67 bits per heavy atom. The first-order chi connectivity index (χ1) is 11.3. The molecular formula is C17H15NO5S. The van der Waals surface area contributed by atoms with Gasteiger partial charge in [0, 0.05) is 12.1 Å². The van der Waals surface area contributed by atoms with Crippen LogP contribution in [-0.2, 0) is 16.4 Å². The third-order valence-electron chi connectivity index (χ3n) is 4.03. The Kier molecular flexibility index (Phi) is 3.88. The van der Waals surface area contributed by atoms with Gasteiger partial charge in [-0.1, -0.05) is 0 Å². The number of aromatic carboxylic acids is 1. The molecule has 0 unspecified atom stereocenters. The van der Waals surface area contributed by atoms with Crippen molar-refractivity contribution < 1.29 is 23.1 Å². The maximum atomic E-state index is 12.8. The number of ketones is 1. The van der Waals surface area contributed by atoms with Crippen molar-refractivity contribution in [3.63, 3.8) is 0 Å². The molecule has 0 aromatic heterocycles. The van der Waals surface area contributed by atoms with E-state index in [2.05, 4.69) is 0 Å². The Labute approximate surface area is 139 Å². The number of carbonyl (C=O) groups is 2. The minimum absolute atomic E-state index is 0.0295. The van der Waals surface area contributed by atoms with Crippen LogP contribution in [0.3, 0.4) is 0 Å². The fourth-order valence-corrected chi connectivity index (χ4v) is 4.24. The summed E-state index contributed by atoms with van der Waals surface area (Å²) in [7, 11) is -3.77. The summed E-state index contributed by atoms with van der Waals surface area (Å²) in [5.74, 6) is -1.18. The molecule has 0 saturated carbocycles. The van der Waals surface area contributed by atoms with Crippen molar-refractivity contribution >= 4 is 27.5 Å². The Bertz CT molecular complexity index is 932. The number of carboxylic acid groups (broad SMARTS) is 1. The number of carboxylic acids is 1. The first-order valence-electron chi connectivity index (χ1n) is 7.30. The van der Waals surface area contributed by atoms with Crippen LogP contribution in [0.25, 0.3) is 0 Å². The summed E-state index contributed by atoms with van der Waals surface area (Å²) in [6.45, 7) is 1.76. The Morgan fingerprint density at radius 3 is 2.25 bits per heavy atom. The van der Waals surface area contributed by atoms with Crippen LogP contribution in [-0.4, -0.2) is 31.8 Å². The number of Topliss-reactive ketones (excluding diaryl/α,β-unsaturated/α-hetero) is 1. The lowest BCUT2D eigenvalue weighted by atomic mass is 10.1. The maximum absolute atomic E-state index is 12.8. The van der Waals surface area contributed by atoms with E-state index < -0.39 is 16.0 Å². The molecule has 24 heavy (non-hydrogen) atoms. The van der Waals surface area contributed by atoms with Gasteiger partial charge in [-0.15, -0.1) is 0 Å². The van der Waals surface area contributed by atoms with Crippen LogP contribution in [0.4, 0.5) is 5.69 Å². The summed E-state index contributed by atoms with van der Waals surface area (Å²) in [6.07, 6.45) is 0.531. The van der Waals surface area contributed by atoms with E-state index in [0.29, 0.717) is 24.2 Å². The summed E-state index contributed by atoms with van der Waals surface area (Å²) in [5.41, 5.74) is 1.96. The Balaban J connectivity index is 1.98. The van der Waals surface area contributed by atoms with Crippen LogP contribution in [0.5, 0.6) is 0 Å². The molecular weight excluding hydrogens is 330 g/mol. The smallest absolute Gasteiger partial charge is 0.335 e. The second-order valence-electron chi connectivity index (χ2n) is 5.56. The lowest BCUT2D eigenvalue weighted by Gasteiger charge is -2.19. The second kappa shape index (κ2) is 5.76. The van der Waals surface area contributed by atoms with E-state index in [9.17, 15) is 18.0 Å². The van der Waals surface area contributed by atoms with Crippen molar-refractivity contribution in [2.45, 2.75) is 18.2 Å². The van der Waals surface area contributed by atoms with Gasteiger partial charge in [-0.25, -0.2) is 13.2 Å². The van der Waals surface area contributed by atoms with Crippen molar-refractivity contribution in [3.05, 3.63) is 59.2 Å². The number of hydrogen-bond acceptors (Lipinski definition) is 4. The van der Waals surface area contributed by atoms with Crippen molar-refractivity contribution in [1.82, 2.24) is 0 Å². The summed E-state index contributed by atoms with van der Waals surface area (Å²) in [4.78, 5) is 22.4. The standard InChI is InChI=1S/C17H15NO5S/c1-11(19)13-4-7-16-14(10-13)8-9-18(16)24(22,23)15-5-2-12(3-6-15)17(20)21/h2-7,10H,8-9H2,1H3,(H,20,21).